The Bertz CT molecular complexity index is 1250. The summed E-state index contributed by atoms with van der Waals surface area (Å²) in [5.74, 6) is -0.204. The van der Waals surface area contributed by atoms with Gasteiger partial charge in [0.1, 0.15) is 11.5 Å². The Balaban J connectivity index is 1.68. The predicted octanol–water partition coefficient (Wildman–Crippen LogP) is 6.54. The van der Waals surface area contributed by atoms with Crippen molar-refractivity contribution in [1.29, 1.82) is 0 Å². The highest BCUT2D eigenvalue weighted by Crippen LogP contribution is 2.27. The van der Waals surface area contributed by atoms with Crippen molar-refractivity contribution < 1.29 is 38.1 Å². The monoisotopic (exact) mass is 578 g/mol. The van der Waals surface area contributed by atoms with E-state index >= 15 is 0 Å². The van der Waals surface area contributed by atoms with Gasteiger partial charge in [0.05, 0.1) is 13.2 Å². The average Bonchev–Trinajstić information content (AvgIpc) is 2.98. The SMILES string of the molecule is C=C(CC)C(=O)c1ccc(OCC(=O)OCCCCOC(=O)COc2ccc(C(=O)C(=C)CC)c(C)c2C)c(C)c1C. The summed E-state index contributed by atoms with van der Waals surface area (Å²) in [7, 11) is 0. The number of allylic oxidation sites excluding steroid dienone is 2. The van der Waals surface area contributed by atoms with E-state index in [2.05, 4.69) is 13.2 Å². The summed E-state index contributed by atoms with van der Waals surface area (Å²) in [6, 6.07) is 6.72. The minimum atomic E-state index is -0.519. The highest BCUT2D eigenvalue weighted by Gasteiger charge is 2.17. The number of unbranched alkanes of at least 4 members (excludes halogenated alkanes) is 1. The summed E-state index contributed by atoms with van der Waals surface area (Å²) in [6.45, 7) is 18.5. The second-order valence-electron chi connectivity index (χ2n) is 10.0. The maximum atomic E-state index is 12.5. The maximum Gasteiger partial charge on any atom is 0.344 e. The summed E-state index contributed by atoms with van der Waals surface area (Å²) in [5.41, 5.74) is 5.36. The normalized spacial score (nSPS) is 10.5. The molecule has 0 N–H and O–H groups in total. The first-order valence-electron chi connectivity index (χ1n) is 14.1. The molecule has 0 saturated heterocycles. The van der Waals surface area contributed by atoms with Gasteiger partial charge in [0.2, 0.25) is 0 Å². The molecule has 2 aromatic rings. The third kappa shape index (κ3) is 9.16. The molecule has 0 atom stereocenters. The van der Waals surface area contributed by atoms with Gasteiger partial charge < -0.3 is 18.9 Å². The van der Waals surface area contributed by atoms with Crippen LogP contribution in [0.3, 0.4) is 0 Å². The van der Waals surface area contributed by atoms with Gasteiger partial charge in [0.15, 0.2) is 24.8 Å². The number of carbonyl (C=O) groups is 4. The summed E-state index contributed by atoms with van der Waals surface area (Å²) in [5, 5.41) is 0. The number of hydrogen-bond donors (Lipinski definition) is 0. The van der Waals surface area contributed by atoms with Gasteiger partial charge in [-0.25, -0.2) is 9.59 Å². The Kier molecular flexibility index (Phi) is 13.2. The van der Waals surface area contributed by atoms with Crippen LogP contribution in [-0.4, -0.2) is 49.9 Å². The molecule has 0 spiro atoms. The van der Waals surface area contributed by atoms with Crippen LogP contribution in [-0.2, 0) is 19.1 Å². The van der Waals surface area contributed by atoms with E-state index in [9.17, 15) is 19.2 Å². The summed E-state index contributed by atoms with van der Waals surface area (Å²) in [4.78, 5) is 49.1. The van der Waals surface area contributed by atoms with Crippen LogP contribution in [0.5, 0.6) is 11.5 Å². The lowest BCUT2D eigenvalue weighted by atomic mass is 9.95. The van der Waals surface area contributed by atoms with Crippen molar-refractivity contribution in [3.05, 3.63) is 82.0 Å². The molecule has 0 radical (unpaired) electrons. The van der Waals surface area contributed by atoms with E-state index in [-0.39, 0.29) is 38.0 Å². The molecule has 0 aliphatic heterocycles. The van der Waals surface area contributed by atoms with Gasteiger partial charge >= 0.3 is 11.9 Å². The zero-order chi connectivity index (χ0) is 31.4. The third-order valence-electron chi connectivity index (χ3n) is 7.22. The minimum absolute atomic E-state index is 0.0918. The molecule has 2 rings (SSSR count). The molecule has 42 heavy (non-hydrogen) atoms. The topological polar surface area (TPSA) is 105 Å². The van der Waals surface area contributed by atoms with Gasteiger partial charge in [-0.15, -0.1) is 0 Å². The summed E-state index contributed by atoms with van der Waals surface area (Å²) >= 11 is 0. The Morgan fingerprint density at radius 1 is 0.595 bits per heavy atom. The fourth-order valence-corrected chi connectivity index (χ4v) is 4.03. The molecule has 0 aliphatic carbocycles. The van der Waals surface area contributed by atoms with E-state index in [4.69, 9.17) is 18.9 Å². The van der Waals surface area contributed by atoms with Crippen molar-refractivity contribution in [3.63, 3.8) is 0 Å². The number of carbonyl (C=O) groups excluding carboxylic acids is 4. The second-order valence-corrected chi connectivity index (χ2v) is 10.0. The van der Waals surface area contributed by atoms with E-state index in [1.165, 1.54) is 0 Å². The Labute approximate surface area is 248 Å². The van der Waals surface area contributed by atoms with Gasteiger partial charge in [-0.1, -0.05) is 27.0 Å². The Morgan fingerprint density at radius 2 is 0.952 bits per heavy atom. The lowest BCUT2D eigenvalue weighted by molar-refractivity contribution is -0.148. The number of hydrogen-bond acceptors (Lipinski definition) is 8. The van der Waals surface area contributed by atoms with Crippen LogP contribution < -0.4 is 9.47 Å². The molecule has 8 nitrogen and oxygen atoms in total. The van der Waals surface area contributed by atoms with Crippen LogP contribution in [0.25, 0.3) is 0 Å². The van der Waals surface area contributed by atoms with Crippen LogP contribution >= 0.6 is 0 Å². The highest BCUT2D eigenvalue weighted by molar-refractivity contribution is 6.10. The van der Waals surface area contributed by atoms with Crippen LogP contribution in [0.2, 0.25) is 0 Å². The van der Waals surface area contributed by atoms with Crippen LogP contribution in [0, 0.1) is 27.7 Å². The Hall–Kier alpha value is -4.20. The molecule has 2 aromatic carbocycles. The second kappa shape index (κ2) is 16.3. The average molecular weight is 579 g/mol. The van der Waals surface area contributed by atoms with Crippen molar-refractivity contribution >= 4 is 23.5 Å². The maximum absolute atomic E-state index is 12.5. The fraction of sp³-hybridized carbons (Fsp3) is 0.412. The lowest BCUT2D eigenvalue weighted by Gasteiger charge is -2.14. The zero-order valence-corrected chi connectivity index (χ0v) is 25.6. The van der Waals surface area contributed by atoms with Crippen molar-refractivity contribution in [2.75, 3.05) is 26.4 Å². The smallest absolute Gasteiger partial charge is 0.344 e. The number of Topliss-reactive ketones (excluding diaryl/α,β-unsaturated/α-hetero) is 2. The zero-order valence-electron chi connectivity index (χ0n) is 25.6. The van der Waals surface area contributed by atoms with E-state index in [1.54, 1.807) is 24.3 Å². The first-order valence-corrected chi connectivity index (χ1v) is 14.1. The largest absolute Gasteiger partial charge is 0.482 e. The standard InChI is InChI=1S/C34H42O8/c1-9-21(3)33(37)27-13-15-29(25(7)23(27)5)41-19-31(35)39-17-11-12-18-40-32(36)20-42-30-16-14-28(24(6)26(30)8)34(38)22(4)10-2/h13-16H,3-4,9-12,17-20H2,1-2,5-8H3. The molecule has 8 heteroatoms. The van der Waals surface area contributed by atoms with Crippen LogP contribution in [0.15, 0.2) is 48.6 Å². The van der Waals surface area contributed by atoms with Crippen LogP contribution in [0.1, 0.15) is 82.5 Å². The highest BCUT2D eigenvalue weighted by atomic mass is 16.6. The first-order chi connectivity index (χ1) is 19.9. The number of ketones is 2. The molecule has 0 amide bonds. The predicted molar refractivity (Wildman–Crippen MR) is 161 cm³/mol. The molecule has 226 valence electrons. The molecular weight excluding hydrogens is 536 g/mol. The van der Waals surface area contributed by atoms with Crippen molar-refractivity contribution in [3.8, 4) is 11.5 Å². The molecule has 0 bridgehead atoms. The van der Waals surface area contributed by atoms with Gasteiger partial charge in [0.25, 0.3) is 0 Å². The lowest BCUT2D eigenvalue weighted by Crippen LogP contribution is -2.18. The molecule has 0 saturated carbocycles. The summed E-state index contributed by atoms with van der Waals surface area (Å²) in [6.07, 6.45) is 2.17. The minimum Gasteiger partial charge on any atom is -0.482 e. The van der Waals surface area contributed by atoms with Gasteiger partial charge in [-0.3, -0.25) is 9.59 Å². The van der Waals surface area contributed by atoms with E-state index in [0.29, 0.717) is 59.5 Å². The van der Waals surface area contributed by atoms with Gasteiger partial charge in [0, 0.05) is 11.1 Å². The van der Waals surface area contributed by atoms with E-state index in [1.807, 2.05) is 41.5 Å². The van der Waals surface area contributed by atoms with Crippen molar-refractivity contribution in [2.24, 2.45) is 0 Å². The van der Waals surface area contributed by atoms with E-state index in [0.717, 1.165) is 22.3 Å². The number of rotatable bonds is 17. The molecule has 0 aliphatic rings. The van der Waals surface area contributed by atoms with E-state index < -0.39 is 11.9 Å². The third-order valence-corrected chi connectivity index (χ3v) is 7.22. The number of esters is 2. The number of benzene rings is 2. The van der Waals surface area contributed by atoms with Crippen LogP contribution in [0.4, 0.5) is 0 Å². The molecule has 0 heterocycles. The molecule has 0 fully saturated rings. The number of ether oxygens (including phenoxy) is 4. The quantitative estimate of drug-likeness (QED) is 0.0902. The summed E-state index contributed by atoms with van der Waals surface area (Å²) < 4.78 is 21.6. The van der Waals surface area contributed by atoms with Crippen molar-refractivity contribution in [2.45, 2.75) is 67.2 Å². The van der Waals surface area contributed by atoms with Crippen molar-refractivity contribution in [1.82, 2.24) is 0 Å². The molecule has 0 aromatic heterocycles. The van der Waals surface area contributed by atoms with Gasteiger partial charge in [-0.05, 0) is 111 Å². The molecule has 0 unspecified atom stereocenters. The first kappa shape index (κ1) is 34.0. The Morgan fingerprint density at radius 3 is 1.29 bits per heavy atom. The fourth-order valence-electron chi connectivity index (χ4n) is 4.03. The molecular formula is C34H42O8. The van der Waals surface area contributed by atoms with Gasteiger partial charge in [-0.2, -0.15) is 0 Å².